The fraction of sp³-hybridized carbons (Fsp3) is 0.467. The van der Waals surface area contributed by atoms with Crippen LogP contribution in [-0.4, -0.2) is 23.0 Å². The minimum absolute atomic E-state index is 0.104. The van der Waals surface area contributed by atoms with Crippen LogP contribution in [0.25, 0.3) is 0 Å². The first-order valence-electron chi connectivity index (χ1n) is 6.89. The molecule has 2 unspecified atom stereocenters. The van der Waals surface area contributed by atoms with Gasteiger partial charge in [0.15, 0.2) is 0 Å². The zero-order valence-corrected chi connectivity index (χ0v) is 11.6. The van der Waals surface area contributed by atoms with E-state index in [-0.39, 0.29) is 23.4 Å². The van der Waals surface area contributed by atoms with Gasteiger partial charge in [-0.1, -0.05) is 18.9 Å². The van der Waals surface area contributed by atoms with Crippen molar-refractivity contribution in [2.75, 3.05) is 5.32 Å². The highest BCUT2D eigenvalue weighted by Crippen LogP contribution is 2.25. The Balaban J connectivity index is 2.11. The van der Waals surface area contributed by atoms with E-state index in [2.05, 4.69) is 5.32 Å². The molecule has 1 aromatic carbocycles. The molecule has 1 amide bonds. The molecule has 1 fully saturated rings. The number of carboxylic acids is 1. The number of carbonyl (C=O) groups excluding carboxylic acids is 1. The SMILES string of the molecule is Cc1ccc(NC(=O)C2CCCCC2N)cc1C(=O)O. The number of amides is 1. The molecule has 20 heavy (non-hydrogen) atoms. The lowest BCUT2D eigenvalue weighted by molar-refractivity contribution is -0.121. The van der Waals surface area contributed by atoms with Gasteiger partial charge in [-0.25, -0.2) is 4.79 Å². The molecule has 0 bridgehead atoms. The molecule has 0 spiro atoms. The van der Waals surface area contributed by atoms with Gasteiger partial charge in [0.05, 0.1) is 11.5 Å². The first-order valence-corrected chi connectivity index (χ1v) is 6.89. The molecule has 5 heteroatoms. The van der Waals surface area contributed by atoms with Crippen LogP contribution < -0.4 is 11.1 Å². The van der Waals surface area contributed by atoms with Gasteiger partial charge in [0.25, 0.3) is 0 Å². The van der Waals surface area contributed by atoms with Crippen LogP contribution in [-0.2, 0) is 4.79 Å². The number of carbonyl (C=O) groups is 2. The predicted molar refractivity (Wildman–Crippen MR) is 76.7 cm³/mol. The molecule has 0 saturated heterocycles. The Hall–Kier alpha value is -1.88. The van der Waals surface area contributed by atoms with Crippen LogP contribution in [0.4, 0.5) is 5.69 Å². The van der Waals surface area contributed by atoms with Gasteiger partial charge in [-0.2, -0.15) is 0 Å². The maximum atomic E-state index is 12.2. The second-order valence-corrected chi connectivity index (χ2v) is 5.38. The lowest BCUT2D eigenvalue weighted by Gasteiger charge is -2.27. The maximum absolute atomic E-state index is 12.2. The van der Waals surface area contributed by atoms with Crippen molar-refractivity contribution in [3.05, 3.63) is 29.3 Å². The molecule has 1 aliphatic rings. The Kier molecular flexibility index (Phi) is 4.39. The van der Waals surface area contributed by atoms with E-state index in [1.807, 2.05) is 0 Å². The highest BCUT2D eigenvalue weighted by atomic mass is 16.4. The zero-order chi connectivity index (χ0) is 14.7. The number of hydrogen-bond donors (Lipinski definition) is 3. The lowest BCUT2D eigenvalue weighted by atomic mass is 9.84. The second-order valence-electron chi connectivity index (χ2n) is 5.38. The molecule has 0 radical (unpaired) electrons. The molecular weight excluding hydrogens is 256 g/mol. The average Bonchev–Trinajstić information content (AvgIpc) is 2.41. The highest BCUT2D eigenvalue weighted by molar-refractivity contribution is 5.96. The molecule has 2 rings (SSSR count). The molecule has 0 aliphatic heterocycles. The van der Waals surface area contributed by atoms with Crippen LogP contribution in [0, 0.1) is 12.8 Å². The van der Waals surface area contributed by atoms with Crippen LogP contribution in [0.15, 0.2) is 18.2 Å². The number of aromatic carboxylic acids is 1. The van der Waals surface area contributed by atoms with Crippen molar-refractivity contribution in [3.8, 4) is 0 Å². The minimum Gasteiger partial charge on any atom is -0.478 e. The molecule has 1 aliphatic carbocycles. The van der Waals surface area contributed by atoms with Crippen molar-refractivity contribution in [1.29, 1.82) is 0 Å². The fourth-order valence-electron chi connectivity index (χ4n) is 2.65. The summed E-state index contributed by atoms with van der Waals surface area (Å²) in [6, 6.07) is 4.80. The molecular formula is C15H20N2O3. The molecule has 108 valence electrons. The van der Waals surface area contributed by atoms with Gasteiger partial charge in [-0.15, -0.1) is 0 Å². The molecule has 0 heterocycles. The summed E-state index contributed by atoms with van der Waals surface area (Å²) in [6.07, 6.45) is 3.75. The Morgan fingerprint density at radius 3 is 2.65 bits per heavy atom. The Bertz CT molecular complexity index is 528. The third-order valence-electron chi connectivity index (χ3n) is 3.89. The largest absolute Gasteiger partial charge is 0.478 e. The van der Waals surface area contributed by atoms with Gasteiger partial charge in [0, 0.05) is 11.7 Å². The van der Waals surface area contributed by atoms with Crippen molar-refractivity contribution in [1.82, 2.24) is 0 Å². The number of anilines is 1. The summed E-state index contributed by atoms with van der Waals surface area (Å²) < 4.78 is 0. The number of rotatable bonds is 3. The molecule has 0 aromatic heterocycles. The topological polar surface area (TPSA) is 92.4 Å². The molecule has 1 saturated carbocycles. The second kappa shape index (κ2) is 6.05. The summed E-state index contributed by atoms with van der Waals surface area (Å²) in [4.78, 5) is 23.3. The van der Waals surface area contributed by atoms with Gasteiger partial charge < -0.3 is 16.2 Å². The molecule has 2 atom stereocenters. The Morgan fingerprint density at radius 2 is 2.00 bits per heavy atom. The van der Waals surface area contributed by atoms with Crippen LogP contribution in [0.5, 0.6) is 0 Å². The van der Waals surface area contributed by atoms with Gasteiger partial charge in [-0.3, -0.25) is 4.79 Å². The average molecular weight is 276 g/mol. The maximum Gasteiger partial charge on any atom is 0.336 e. The third kappa shape index (κ3) is 3.17. The van der Waals surface area contributed by atoms with Crippen LogP contribution in [0.3, 0.4) is 0 Å². The van der Waals surface area contributed by atoms with E-state index in [0.29, 0.717) is 11.3 Å². The highest BCUT2D eigenvalue weighted by Gasteiger charge is 2.28. The van der Waals surface area contributed by atoms with E-state index < -0.39 is 5.97 Å². The molecule has 1 aromatic rings. The van der Waals surface area contributed by atoms with E-state index in [4.69, 9.17) is 10.8 Å². The number of aryl methyl sites for hydroxylation is 1. The zero-order valence-electron chi connectivity index (χ0n) is 11.6. The lowest BCUT2D eigenvalue weighted by Crippen LogP contribution is -2.40. The van der Waals surface area contributed by atoms with E-state index in [0.717, 1.165) is 25.7 Å². The fourth-order valence-corrected chi connectivity index (χ4v) is 2.65. The third-order valence-corrected chi connectivity index (χ3v) is 3.89. The summed E-state index contributed by atoms with van der Waals surface area (Å²) in [5.41, 5.74) is 7.37. The van der Waals surface area contributed by atoms with Crippen molar-refractivity contribution < 1.29 is 14.7 Å². The molecule has 5 nitrogen and oxygen atoms in total. The van der Waals surface area contributed by atoms with Gasteiger partial charge >= 0.3 is 5.97 Å². The Morgan fingerprint density at radius 1 is 1.30 bits per heavy atom. The minimum atomic E-state index is -0.993. The predicted octanol–water partition coefficient (Wildman–Crippen LogP) is 2.15. The van der Waals surface area contributed by atoms with E-state index >= 15 is 0 Å². The monoisotopic (exact) mass is 276 g/mol. The number of nitrogens with two attached hydrogens (primary N) is 1. The Labute approximate surface area is 118 Å². The number of hydrogen-bond acceptors (Lipinski definition) is 3. The summed E-state index contributed by atoms with van der Waals surface area (Å²) in [7, 11) is 0. The molecule has 4 N–H and O–H groups in total. The first-order chi connectivity index (χ1) is 9.49. The van der Waals surface area contributed by atoms with E-state index in [1.165, 1.54) is 6.07 Å². The van der Waals surface area contributed by atoms with Crippen molar-refractivity contribution in [2.45, 2.75) is 38.6 Å². The summed E-state index contributed by atoms with van der Waals surface area (Å²) in [6.45, 7) is 1.73. The summed E-state index contributed by atoms with van der Waals surface area (Å²) in [5.74, 6) is -1.29. The normalized spacial score (nSPS) is 22.3. The van der Waals surface area contributed by atoms with Gasteiger partial charge in [0.1, 0.15) is 0 Å². The van der Waals surface area contributed by atoms with Crippen LogP contribution >= 0.6 is 0 Å². The number of nitrogens with one attached hydrogen (secondary N) is 1. The van der Waals surface area contributed by atoms with Crippen molar-refractivity contribution in [2.24, 2.45) is 11.7 Å². The first kappa shape index (κ1) is 14.5. The quantitative estimate of drug-likeness (QED) is 0.788. The van der Waals surface area contributed by atoms with E-state index in [9.17, 15) is 9.59 Å². The summed E-state index contributed by atoms with van der Waals surface area (Å²) >= 11 is 0. The standard InChI is InChI=1S/C15H20N2O3/c1-9-6-7-10(8-12(9)15(19)20)17-14(18)11-4-2-3-5-13(11)16/h6-8,11,13H,2-5,16H2,1H3,(H,17,18)(H,19,20). The smallest absolute Gasteiger partial charge is 0.336 e. The number of benzene rings is 1. The van der Waals surface area contributed by atoms with Crippen molar-refractivity contribution in [3.63, 3.8) is 0 Å². The van der Waals surface area contributed by atoms with Crippen LogP contribution in [0.1, 0.15) is 41.6 Å². The van der Waals surface area contributed by atoms with Gasteiger partial charge in [0.2, 0.25) is 5.91 Å². The van der Waals surface area contributed by atoms with Crippen LogP contribution in [0.2, 0.25) is 0 Å². The van der Waals surface area contributed by atoms with Crippen molar-refractivity contribution >= 4 is 17.6 Å². The van der Waals surface area contributed by atoms with Gasteiger partial charge in [-0.05, 0) is 37.5 Å². The number of carboxylic acid groups (broad SMARTS) is 1. The van der Waals surface area contributed by atoms with E-state index in [1.54, 1.807) is 19.1 Å². The summed E-state index contributed by atoms with van der Waals surface area (Å²) in [5, 5.41) is 11.9.